The van der Waals surface area contributed by atoms with Crippen LogP contribution in [0.1, 0.15) is 45.0 Å². The third-order valence-electron chi connectivity index (χ3n) is 3.60. The Morgan fingerprint density at radius 3 is 2.38 bits per heavy atom. The molecule has 0 aromatic carbocycles. The van der Waals surface area contributed by atoms with Gasteiger partial charge >= 0.3 is 11.8 Å². The number of anilines is 1. The van der Waals surface area contributed by atoms with Crippen LogP contribution >= 0.6 is 0 Å². The van der Waals surface area contributed by atoms with E-state index in [4.69, 9.17) is 0 Å². The molecule has 8 nitrogen and oxygen atoms in total. The summed E-state index contributed by atoms with van der Waals surface area (Å²) < 4.78 is 3.40. The van der Waals surface area contributed by atoms with Gasteiger partial charge in [-0.25, -0.2) is 0 Å². The molecule has 0 spiro atoms. The number of amides is 2. The van der Waals surface area contributed by atoms with Crippen molar-refractivity contribution in [1.82, 2.24) is 24.9 Å². The van der Waals surface area contributed by atoms with Crippen LogP contribution in [0.2, 0.25) is 0 Å². The predicted octanol–water partition coefficient (Wildman–Crippen LogP) is 1.50. The Labute approximate surface area is 141 Å². The normalized spacial score (nSPS) is 12.8. The highest BCUT2D eigenvalue weighted by Crippen LogP contribution is 2.21. The van der Waals surface area contributed by atoms with Gasteiger partial charge in [-0.1, -0.05) is 0 Å². The number of carbonyl (C=O) groups is 2. The molecule has 130 valence electrons. The lowest BCUT2D eigenvalue weighted by Crippen LogP contribution is -2.37. The van der Waals surface area contributed by atoms with Crippen molar-refractivity contribution in [2.45, 2.75) is 46.2 Å². The fourth-order valence-electron chi connectivity index (χ4n) is 2.24. The van der Waals surface area contributed by atoms with Crippen LogP contribution in [0.25, 0.3) is 0 Å². The van der Waals surface area contributed by atoms with Gasteiger partial charge in [0.2, 0.25) is 0 Å². The molecule has 2 heterocycles. The van der Waals surface area contributed by atoms with E-state index in [1.54, 1.807) is 24.0 Å². The zero-order valence-corrected chi connectivity index (χ0v) is 14.9. The van der Waals surface area contributed by atoms with E-state index >= 15 is 0 Å². The summed E-state index contributed by atoms with van der Waals surface area (Å²) in [6, 6.07) is 1.29. The fourth-order valence-corrected chi connectivity index (χ4v) is 2.24. The van der Waals surface area contributed by atoms with Crippen molar-refractivity contribution in [3.63, 3.8) is 0 Å². The maximum atomic E-state index is 12.1. The first kappa shape index (κ1) is 17.7. The molecule has 2 rings (SSSR count). The highest BCUT2D eigenvalue weighted by Gasteiger charge is 2.22. The molecular weight excluding hydrogens is 308 g/mol. The number of hydrogen-bond acceptors (Lipinski definition) is 4. The molecule has 0 aliphatic rings. The molecule has 1 unspecified atom stereocenters. The average molecular weight is 332 g/mol. The van der Waals surface area contributed by atoms with Crippen molar-refractivity contribution in [2.24, 2.45) is 7.05 Å². The fraction of sp³-hybridized carbons (Fsp3) is 0.500. The summed E-state index contributed by atoms with van der Waals surface area (Å²) >= 11 is 0. The predicted molar refractivity (Wildman–Crippen MR) is 90.4 cm³/mol. The zero-order chi connectivity index (χ0) is 18.1. The summed E-state index contributed by atoms with van der Waals surface area (Å²) in [7, 11) is 1.73. The molecule has 2 aromatic heterocycles. The molecule has 0 fully saturated rings. The summed E-state index contributed by atoms with van der Waals surface area (Å²) in [5, 5.41) is 13.6. The quantitative estimate of drug-likeness (QED) is 0.833. The van der Waals surface area contributed by atoms with Gasteiger partial charge in [0.05, 0.1) is 17.3 Å². The second-order valence-corrected chi connectivity index (χ2v) is 6.81. The van der Waals surface area contributed by atoms with Gasteiger partial charge in [-0.15, -0.1) is 0 Å². The Kier molecular flexibility index (Phi) is 4.77. The van der Waals surface area contributed by atoms with Crippen molar-refractivity contribution < 1.29 is 9.59 Å². The molecule has 1 atom stereocenters. The first-order chi connectivity index (χ1) is 11.1. The smallest absolute Gasteiger partial charge is 0.314 e. The largest absolute Gasteiger partial charge is 0.341 e. The molecule has 0 radical (unpaired) electrons. The van der Waals surface area contributed by atoms with E-state index < -0.39 is 11.8 Å². The summed E-state index contributed by atoms with van der Waals surface area (Å²) in [4.78, 5) is 24.0. The Hall–Kier alpha value is -2.64. The van der Waals surface area contributed by atoms with Gasteiger partial charge < -0.3 is 10.6 Å². The summed E-state index contributed by atoms with van der Waals surface area (Å²) in [6.45, 7) is 9.85. The average Bonchev–Trinajstić information content (AvgIpc) is 3.04. The lowest BCUT2D eigenvalue weighted by Gasteiger charge is -2.19. The van der Waals surface area contributed by atoms with Crippen LogP contribution in [0.15, 0.2) is 18.5 Å². The van der Waals surface area contributed by atoms with Crippen LogP contribution in [-0.2, 0) is 22.2 Å². The summed E-state index contributed by atoms with van der Waals surface area (Å²) in [5.41, 5.74) is 1.55. The van der Waals surface area contributed by atoms with Gasteiger partial charge in [0, 0.05) is 31.1 Å². The number of aromatic nitrogens is 4. The molecule has 2 N–H and O–H groups in total. The number of nitrogens with one attached hydrogen (secondary N) is 2. The molecule has 0 aliphatic heterocycles. The van der Waals surface area contributed by atoms with Crippen molar-refractivity contribution in [3.05, 3.63) is 29.7 Å². The first-order valence-corrected chi connectivity index (χ1v) is 7.76. The Bertz CT molecular complexity index is 753. The second kappa shape index (κ2) is 6.46. The molecule has 0 bridgehead atoms. The number of carbonyl (C=O) groups excluding carboxylic acids is 2. The zero-order valence-electron chi connectivity index (χ0n) is 14.9. The second-order valence-electron chi connectivity index (χ2n) is 6.81. The lowest BCUT2D eigenvalue weighted by molar-refractivity contribution is -0.136. The van der Waals surface area contributed by atoms with Crippen molar-refractivity contribution in [2.75, 3.05) is 5.32 Å². The number of hydrogen-bond donors (Lipinski definition) is 2. The highest BCUT2D eigenvalue weighted by molar-refractivity contribution is 6.39. The maximum absolute atomic E-state index is 12.1. The maximum Gasteiger partial charge on any atom is 0.314 e. The van der Waals surface area contributed by atoms with E-state index in [2.05, 4.69) is 20.8 Å². The molecule has 0 saturated carbocycles. The molecule has 0 aliphatic carbocycles. The Balaban J connectivity index is 2.03. The highest BCUT2D eigenvalue weighted by atomic mass is 16.2. The first-order valence-electron chi connectivity index (χ1n) is 7.76. The third-order valence-corrected chi connectivity index (χ3v) is 3.60. The minimum Gasteiger partial charge on any atom is -0.341 e. The SMILES string of the molecule is Cc1nn(C(C)(C)C)cc1C(C)NC(=O)C(=O)Nc1ccn(C)n1. The van der Waals surface area contributed by atoms with Gasteiger partial charge in [0.25, 0.3) is 0 Å². The minimum atomic E-state index is -0.749. The van der Waals surface area contributed by atoms with Gasteiger partial charge in [-0.3, -0.25) is 19.0 Å². The van der Waals surface area contributed by atoms with Crippen molar-refractivity contribution in [1.29, 1.82) is 0 Å². The van der Waals surface area contributed by atoms with Crippen molar-refractivity contribution >= 4 is 17.6 Å². The topological polar surface area (TPSA) is 93.8 Å². The molecule has 2 amide bonds. The van der Waals surface area contributed by atoms with Crippen LogP contribution in [0.4, 0.5) is 5.82 Å². The molecule has 2 aromatic rings. The minimum absolute atomic E-state index is 0.150. The van der Waals surface area contributed by atoms with Crippen LogP contribution in [0, 0.1) is 6.92 Å². The van der Waals surface area contributed by atoms with Crippen LogP contribution in [-0.4, -0.2) is 31.4 Å². The summed E-state index contributed by atoms with van der Waals surface area (Å²) in [5.74, 6) is -1.13. The third kappa shape index (κ3) is 4.01. The van der Waals surface area contributed by atoms with Gasteiger partial charge in [-0.05, 0) is 34.6 Å². The van der Waals surface area contributed by atoms with E-state index in [9.17, 15) is 9.59 Å². The van der Waals surface area contributed by atoms with E-state index in [0.29, 0.717) is 5.82 Å². The van der Waals surface area contributed by atoms with E-state index in [1.807, 2.05) is 45.5 Å². The van der Waals surface area contributed by atoms with Crippen molar-refractivity contribution in [3.8, 4) is 0 Å². The Morgan fingerprint density at radius 1 is 1.21 bits per heavy atom. The molecule has 24 heavy (non-hydrogen) atoms. The van der Waals surface area contributed by atoms with Gasteiger partial charge in [0.15, 0.2) is 5.82 Å². The van der Waals surface area contributed by atoms with Gasteiger partial charge in [-0.2, -0.15) is 10.2 Å². The molecule has 8 heteroatoms. The van der Waals surface area contributed by atoms with E-state index in [-0.39, 0.29) is 11.6 Å². The Morgan fingerprint density at radius 2 is 1.88 bits per heavy atom. The number of nitrogens with zero attached hydrogens (tertiary/aromatic N) is 4. The monoisotopic (exact) mass is 332 g/mol. The van der Waals surface area contributed by atoms with Crippen LogP contribution in [0.3, 0.4) is 0 Å². The lowest BCUT2D eigenvalue weighted by atomic mass is 10.1. The summed E-state index contributed by atoms with van der Waals surface area (Å²) in [6.07, 6.45) is 3.58. The van der Waals surface area contributed by atoms with E-state index in [0.717, 1.165) is 11.3 Å². The molecule has 0 saturated heterocycles. The van der Waals surface area contributed by atoms with Crippen LogP contribution in [0.5, 0.6) is 0 Å². The van der Waals surface area contributed by atoms with Crippen LogP contribution < -0.4 is 10.6 Å². The van der Waals surface area contributed by atoms with Gasteiger partial charge in [0.1, 0.15) is 0 Å². The molecular formula is C16H24N6O2. The standard InChI is InChI=1S/C16H24N6O2/c1-10(12-9-22(16(3,4)5)19-11(12)2)17-14(23)15(24)18-13-7-8-21(6)20-13/h7-10H,1-6H3,(H,17,23)(H,18,20,24). The van der Waals surface area contributed by atoms with E-state index in [1.165, 1.54) is 0 Å². The number of aryl methyl sites for hydroxylation is 2. The number of rotatable bonds is 3.